The molecule has 1 amide bonds. The van der Waals surface area contributed by atoms with Crippen LogP contribution in [0.4, 0.5) is 0 Å². The molecule has 8 heteroatoms. The van der Waals surface area contributed by atoms with Crippen molar-refractivity contribution in [3.8, 4) is 5.75 Å². The van der Waals surface area contributed by atoms with E-state index < -0.39 is 12.0 Å². The number of aromatic hydroxyl groups is 1. The van der Waals surface area contributed by atoms with E-state index >= 15 is 0 Å². The van der Waals surface area contributed by atoms with Crippen LogP contribution in [0.25, 0.3) is 0 Å². The molecule has 0 aliphatic rings. The predicted molar refractivity (Wildman–Crippen MR) is 249 cm³/mol. The Bertz CT molecular complexity index is 1320. The minimum atomic E-state index is -1.08. The van der Waals surface area contributed by atoms with Gasteiger partial charge in [0.25, 0.3) is 0 Å². The van der Waals surface area contributed by atoms with Crippen LogP contribution in [0, 0.1) is 35.0 Å². The summed E-state index contributed by atoms with van der Waals surface area (Å²) in [5, 5.41) is 21.5. The van der Waals surface area contributed by atoms with Gasteiger partial charge in [0.15, 0.2) is 0 Å². The molecule has 0 fully saturated rings. The first-order valence-electron chi connectivity index (χ1n) is 24.2. The Morgan fingerprint density at radius 2 is 1.12 bits per heavy atom. The molecule has 0 aliphatic heterocycles. The summed E-state index contributed by atoms with van der Waals surface area (Å²) in [5.41, 5.74) is 0.786. The van der Waals surface area contributed by atoms with Gasteiger partial charge in [0.1, 0.15) is 29.1 Å². The highest BCUT2D eigenvalue weighted by molar-refractivity contribution is 5.86. The number of carbonyl (C=O) groups excluding carboxylic acids is 4. The van der Waals surface area contributed by atoms with Gasteiger partial charge in [0.2, 0.25) is 5.91 Å². The summed E-state index contributed by atoms with van der Waals surface area (Å²) in [5.74, 6) is 0.848. The van der Waals surface area contributed by atoms with Gasteiger partial charge in [-0.05, 0) is 74.5 Å². The van der Waals surface area contributed by atoms with Crippen LogP contribution in [0.5, 0.6) is 5.75 Å². The number of carboxylic acid groups (broad SMARTS) is 1. The van der Waals surface area contributed by atoms with Crippen molar-refractivity contribution in [1.29, 1.82) is 0 Å². The molecule has 3 atom stereocenters. The maximum Gasteiger partial charge on any atom is 0.326 e. The molecule has 0 spiro atoms. The van der Waals surface area contributed by atoms with E-state index in [2.05, 4.69) is 46.9 Å². The molecule has 0 radical (unpaired) electrons. The standard InChI is InChI=1S/C35H65NO5.C17H26O2/c1-6-7-8-9-10-11-12-13-14-15-16-17-21-24-33(38)36-32(35(40)41)26-25-31(37)23-20-18-19-22-30(27-28(2)3)34(39)29(4)5;1-12(2)10-17(5,16(19)13(3)4)11-14-6-8-15(18)9-7-14/h28-30,32H,6-27H2,1-5H3,(H,36,38)(H,40,41);6-9,12-13,18H,10-11H2,1-5H3/t30-,32+;17-/m10/s1. The number of hydrogen-bond donors (Lipinski definition) is 3. The van der Waals surface area contributed by atoms with Crippen molar-refractivity contribution in [2.45, 2.75) is 229 Å². The number of unbranched alkanes of at least 4 members (excludes halogenated alkanes) is 14. The average molecular weight is 842 g/mol. The summed E-state index contributed by atoms with van der Waals surface area (Å²) in [6.45, 7) is 20.8. The molecule has 0 bridgehead atoms. The summed E-state index contributed by atoms with van der Waals surface area (Å²) in [7, 11) is 0. The first-order valence-corrected chi connectivity index (χ1v) is 24.2. The molecule has 60 heavy (non-hydrogen) atoms. The Hall–Kier alpha value is -3.03. The van der Waals surface area contributed by atoms with Gasteiger partial charge in [-0.2, -0.15) is 0 Å². The van der Waals surface area contributed by atoms with Gasteiger partial charge >= 0.3 is 5.97 Å². The highest BCUT2D eigenvalue weighted by Crippen LogP contribution is 2.34. The van der Waals surface area contributed by atoms with E-state index in [1.807, 2.05) is 39.8 Å². The number of Topliss-reactive ketones (excluding diaryl/α,β-unsaturated/α-hetero) is 3. The van der Waals surface area contributed by atoms with Crippen molar-refractivity contribution >= 4 is 29.2 Å². The van der Waals surface area contributed by atoms with E-state index in [0.717, 1.165) is 69.8 Å². The summed E-state index contributed by atoms with van der Waals surface area (Å²) >= 11 is 0. The lowest BCUT2D eigenvalue weighted by Gasteiger charge is -2.32. The third kappa shape index (κ3) is 28.5. The van der Waals surface area contributed by atoms with Crippen LogP contribution in [-0.2, 0) is 30.4 Å². The first kappa shape index (κ1) is 57.0. The predicted octanol–water partition coefficient (Wildman–Crippen LogP) is 13.4. The van der Waals surface area contributed by atoms with Crippen molar-refractivity contribution in [3.05, 3.63) is 29.8 Å². The number of carboxylic acids is 1. The normalized spacial score (nSPS) is 13.5. The molecule has 1 rings (SSSR count). The number of rotatable bonds is 35. The van der Waals surface area contributed by atoms with Crippen LogP contribution in [0.1, 0.15) is 222 Å². The lowest BCUT2D eigenvalue weighted by molar-refractivity contribution is -0.142. The Kier molecular flexibility index (Phi) is 31.9. The second-order valence-electron chi connectivity index (χ2n) is 19.5. The van der Waals surface area contributed by atoms with Gasteiger partial charge in [0, 0.05) is 42.4 Å². The van der Waals surface area contributed by atoms with Gasteiger partial charge in [-0.25, -0.2) is 4.79 Å². The van der Waals surface area contributed by atoms with Gasteiger partial charge in [-0.15, -0.1) is 0 Å². The molecule has 0 heterocycles. The highest BCUT2D eigenvalue weighted by atomic mass is 16.4. The third-order valence-electron chi connectivity index (χ3n) is 11.6. The molecule has 0 unspecified atom stereocenters. The van der Waals surface area contributed by atoms with Crippen molar-refractivity contribution < 1.29 is 34.2 Å². The molecule has 0 aromatic heterocycles. The third-order valence-corrected chi connectivity index (χ3v) is 11.6. The minimum absolute atomic E-state index is 0.0407. The van der Waals surface area contributed by atoms with Gasteiger partial charge < -0.3 is 15.5 Å². The van der Waals surface area contributed by atoms with Crippen LogP contribution in [-0.4, -0.2) is 45.5 Å². The quantitative estimate of drug-likeness (QED) is 0.0579. The second kappa shape index (κ2) is 33.6. The zero-order valence-electron chi connectivity index (χ0n) is 40.2. The lowest BCUT2D eigenvalue weighted by atomic mass is 9.71. The Morgan fingerprint density at radius 3 is 1.58 bits per heavy atom. The number of hydrogen-bond acceptors (Lipinski definition) is 6. The molecule has 1 aromatic rings. The van der Waals surface area contributed by atoms with Crippen molar-refractivity contribution in [2.24, 2.45) is 35.0 Å². The molecular formula is C52H91NO7. The van der Waals surface area contributed by atoms with Crippen LogP contribution in [0.3, 0.4) is 0 Å². The number of ketones is 3. The maximum atomic E-state index is 12.5. The fourth-order valence-corrected chi connectivity index (χ4v) is 8.49. The Morgan fingerprint density at radius 1 is 0.617 bits per heavy atom. The van der Waals surface area contributed by atoms with Gasteiger partial charge in [-0.3, -0.25) is 19.2 Å². The monoisotopic (exact) mass is 842 g/mol. The summed E-state index contributed by atoms with van der Waals surface area (Å²) in [6, 6.07) is 6.17. The average Bonchev–Trinajstić information content (AvgIpc) is 3.17. The van der Waals surface area contributed by atoms with Crippen LogP contribution >= 0.6 is 0 Å². The largest absolute Gasteiger partial charge is 0.508 e. The molecule has 346 valence electrons. The fourth-order valence-electron chi connectivity index (χ4n) is 8.49. The van der Waals surface area contributed by atoms with E-state index in [0.29, 0.717) is 36.2 Å². The van der Waals surface area contributed by atoms with Crippen molar-refractivity contribution in [2.75, 3.05) is 0 Å². The minimum Gasteiger partial charge on any atom is -0.508 e. The van der Waals surface area contributed by atoms with E-state index in [1.54, 1.807) is 12.1 Å². The Labute approximate surface area is 367 Å². The van der Waals surface area contributed by atoms with Gasteiger partial charge in [-0.1, -0.05) is 171 Å². The summed E-state index contributed by atoms with van der Waals surface area (Å²) in [6.07, 6.45) is 23.1. The molecule has 0 saturated carbocycles. The smallest absolute Gasteiger partial charge is 0.326 e. The molecule has 0 saturated heterocycles. The number of carbonyl (C=O) groups is 5. The van der Waals surface area contributed by atoms with E-state index in [1.165, 1.54) is 64.2 Å². The maximum absolute atomic E-state index is 12.5. The van der Waals surface area contributed by atoms with E-state index in [-0.39, 0.29) is 53.5 Å². The Balaban J connectivity index is 0.00000152. The van der Waals surface area contributed by atoms with Gasteiger partial charge in [0.05, 0.1) is 0 Å². The summed E-state index contributed by atoms with van der Waals surface area (Å²) < 4.78 is 0. The zero-order chi connectivity index (χ0) is 45.5. The SMILES string of the molecule is CC(C)C[C@@](C)(Cc1ccc(O)cc1)C(=O)C(C)C.CCCCCCCCCCCCCCCC(=O)N[C@@H](CCC(=O)CCCCC[C@H](CC(C)C)C(=O)C(C)C)C(=O)O. The van der Waals surface area contributed by atoms with Crippen LogP contribution < -0.4 is 5.32 Å². The topological polar surface area (TPSA) is 138 Å². The number of nitrogens with one attached hydrogen (secondary N) is 1. The fraction of sp³-hybridized carbons (Fsp3) is 0.788. The number of aliphatic carboxylic acids is 1. The number of amides is 1. The molecular weight excluding hydrogens is 751 g/mol. The molecule has 3 N–H and O–H groups in total. The highest BCUT2D eigenvalue weighted by Gasteiger charge is 2.35. The van der Waals surface area contributed by atoms with E-state index in [9.17, 15) is 34.2 Å². The first-order chi connectivity index (χ1) is 28.3. The lowest BCUT2D eigenvalue weighted by Crippen LogP contribution is -2.41. The molecule has 1 aromatic carbocycles. The molecule has 0 aliphatic carbocycles. The number of phenols is 1. The van der Waals surface area contributed by atoms with Crippen molar-refractivity contribution in [3.63, 3.8) is 0 Å². The number of benzene rings is 1. The second-order valence-corrected chi connectivity index (χ2v) is 19.5. The van der Waals surface area contributed by atoms with Crippen LogP contribution in [0.15, 0.2) is 24.3 Å². The zero-order valence-corrected chi connectivity index (χ0v) is 40.2. The van der Waals surface area contributed by atoms with Crippen molar-refractivity contribution in [1.82, 2.24) is 5.32 Å². The summed E-state index contributed by atoms with van der Waals surface area (Å²) in [4.78, 5) is 61.2. The molecule has 8 nitrogen and oxygen atoms in total. The van der Waals surface area contributed by atoms with Crippen LogP contribution in [0.2, 0.25) is 0 Å². The van der Waals surface area contributed by atoms with E-state index in [4.69, 9.17) is 0 Å². The number of phenolic OH excluding ortho intramolecular Hbond substituents is 1.